The lowest BCUT2D eigenvalue weighted by atomic mass is 10.0. The van der Waals surface area contributed by atoms with Crippen molar-refractivity contribution in [3.05, 3.63) is 39.9 Å². The van der Waals surface area contributed by atoms with Crippen LogP contribution >= 0.6 is 0 Å². The minimum Gasteiger partial charge on any atom is -0.341 e. The van der Waals surface area contributed by atoms with Gasteiger partial charge in [0.05, 0.1) is 4.92 Å². The van der Waals surface area contributed by atoms with E-state index in [1.807, 2.05) is 6.92 Å². The molecular weight excluding hydrogens is 298 g/mol. The second kappa shape index (κ2) is 7.21. The van der Waals surface area contributed by atoms with Crippen molar-refractivity contribution in [2.75, 3.05) is 6.54 Å². The molecule has 124 valence electrons. The molecule has 2 rings (SSSR count). The second-order valence-corrected chi connectivity index (χ2v) is 5.88. The quantitative estimate of drug-likeness (QED) is 0.679. The molecule has 23 heavy (non-hydrogen) atoms. The van der Waals surface area contributed by atoms with E-state index in [2.05, 4.69) is 5.32 Å². The van der Waals surface area contributed by atoms with Gasteiger partial charge in [-0.1, -0.05) is 6.07 Å². The van der Waals surface area contributed by atoms with Gasteiger partial charge in [0.2, 0.25) is 5.91 Å². The number of nitro benzene ring substituents is 1. The SMILES string of the molecule is CC(NC(=O)c1cccc([N+](=O)[O-])c1)C(=O)N1CCCCC1C. The first-order valence-electron chi connectivity index (χ1n) is 7.76. The van der Waals surface area contributed by atoms with Crippen LogP contribution in [0, 0.1) is 10.1 Å². The number of carbonyl (C=O) groups excluding carboxylic acids is 2. The fraction of sp³-hybridized carbons (Fsp3) is 0.500. The fourth-order valence-electron chi connectivity index (χ4n) is 2.78. The molecule has 1 aliphatic heterocycles. The van der Waals surface area contributed by atoms with Crippen LogP contribution in [0.25, 0.3) is 0 Å². The summed E-state index contributed by atoms with van der Waals surface area (Å²) >= 11 is 0. The number of carbonyl (C=O) groups is 2. The number of piperidine rings is 1. The van der Waals surface area contributed by atoms with Crippen molar-refractivity contribution in [3.8, 4) is 0 Å². The van der Waals surface area contributed by atoms with Crippen molar-refractivity contribution >= 4 is 17.5 Å². The zero-order valence-electron chi connectivity index (χ0n) is 13.3. The molecule has 1 aliphatic rings. The van der Waals surface area contributed by atoms with Gasteiger partial charge in [0.25, 0.3) is 11.6 Å². The van der Waals surface area contributed by atoms with Gasteiger partial charge in [-0.15, -0.1) is 0 Å². The Hall–Kier alpha value is -2.44. The van der Waals surface area contributed by atoms with Gasteiger partial charge in [-0.3, -0.25) is 19.7 Å². The molecule has 7 heteroatoms. The summed E-state index contributed by atoms with van der Waals surface area (Å²) in [6, 6.07) is 4.97. The molecule has 7 nitrogen and oxygen atoms in total. The molecule has 1 saturated heterocycles. The van der Waals surface area contributed by atoms with Gasteiger partial charge in [0.15, 0.2) is 0 Å². The Labute approximate surface area is 134 Å². The van der Waals surface area contributed by atoms with E-state index in [1.165, 1.54) is 24.3 Å². The highest BCUT2D eigenvalue weighted by Crippen LogP contribution is 2.18. The molecule has 2 amide bonds. The Morgan fingerprint density at radius 2 is 2.13 bits per heavy atom. The molecule has 0 spiro atoms. The standard InChI is InChI=1S/C16H21N3O4/c1-11-6-3-4-9-18(11)16(21)12(2)17-15(20)13-7-5-8-14(10-13)19(22)23/h5,7-8,10-12H,3-4,6,9H2,1-2H3,(H,17,20). The maximum atomic E-state index is 12.5. The third-order valence-corrected chi connectivity index (χ3v) is 4.12. The van der Waals surface area contributed by atoms with Crippen LogP contribution in [0.2, 0.25) is 0 Å². The predicted molar refractivity (Wildman–Crippen MR) is 85.1 cm³/mol. The molecule has 1 heterocycles. The van der Waals surface area contributed by atoms with Crippen LogP contribution in [0.1, 0.15) is 43.5 Å². The van der Waals surface area contributed by atoms with Crippen molar-refractivity contribution in [2.24, 2.45) is 0 Å². The molecule has 0 radical (unpaired) electrons. The topological polar surface area (TPSA) is 92.5 Å². The highest BCUT2D eigenvalue weighted by Gasteiger charge is 2.28. The van der Waals surface area contributed by atoms with Crippen LogP contribution in [0.15, 0.2) is 24.3 Å². The number of rotatable bonds is 4. The van der Waals surface area contributed by atoms with E-state index in [0.717, 1.165) is 19.3 Å². The zero-order chi connectivity index (χ0) is 17.0. The summed E-state index contributed by atoms with van der Waals surface area (Å²) in [4.78, 5) is 36.6. The van der Waals surface area contributed by atoms with Crippen LogP contribution in [-0.2, 0) is 4.79 Å². The average Bonchev–Trinajstić information content (AvgIpc) is 2.54. The number of nitrogens with one attached hydrogen (secondary N) is 1. The van der Waals surface area contributed by atoms with Crippen LogP contribution in [-0.4, -0.2) is 40.3 Å². The Morgan fingerprint density at radius 3 is 2.78 bits per heavy atom. The smallest absolute Gasteiger partial charge is 0.270 e. The van der Waals surface area contributed by atoms with Crippen LogP contribution in [0.3, 0.4) is 0 Å². The lowest BCUT2D eigenvalue weighted by molar-refractivity contribution is -0.384. The molecule has 1 N–H and O–H groups in total. The van der Waals surface area contributed by atoms with Gasteiger partial charge in [-0.25, -0.2) is 0 Å². The summed E-state index contributed by atoms with van der Waals surface area (Å²) in [6.45, 7) is 4.35. The molecule has 1 fully saturated rings. The summed E-state index contributed by atoms with van der Waals surface area (Å²) in [5.41, 5.74) is 0.0202. The van der Waals surface area contributed by atoms with E-state index in [9.17, 15) is 19.7 Å². The number of likely N-dealkylation sites (tertiary alicyclic amines) is 1. The van der Waals surface area contributed by atoms with Crippen LogP contribution in [0.5, 0.6) is 0 Å². The Bertz CT molecular complexity index is 617. The molecule has 1 aromatic rings. The average molecular weight is 319 g/mol. The lowest BCUT2D eigenvalue weighted by Crippen LogP contribution is -2.51. The first kappa shape index (κ1) is 16.9. The molecule has 0 aliphatic carbocycles. The van der Waals surface area contributed by atoms with E-state index in [0.29, 0.717) is 6.54 Å². The van der Waals surface area contributed by atoms with E-state index >= 15 is 0 Å². The van der Waals surface area contributed by atoms with Gasteiger partial charge >= 0.3 is 0 Å². The summed E-state index contributed by atoms with van der Waals surface area (Å²) in [7, 11) is 0. The Kier molecular flexibility index (Phi) is 5.31. The second-order valence-electron chi connectivity index (χ2n) is 5.88. The molecule has 0 aromatic heterocycles. The van der Waals surface area contributed by atoms with Gasteiger partial charge in [-0.2, -0.15) is 0 Å². The first-order chi connectivity index (χ1) is 10.9. The van der Waals surface area contributed by atoms with E-state index < -0.39 is 16.9 Å². The largest absolute Gasteiger partial charge is 0.341 e. The molecule has 2 atom stereocenters. The third-order valence-electron chi connectivity index (χ3n) is 4.12. The van der Waals surface area contributed by atoms with Gasteiger partial charge in [0, 0.05) is 30.3 Å². The summed E-state index contributed by atoms with van der Waals surface area (Å²) in [5.74, 6) is -0.602. The first-order valence-corrected chi connectivity index (χ1v) is 7.76. The minimum atomic E-state index is -0.665. The number of nitrogens with zero attached hydrogens (tertiary/aromatic N) is 2. The monoisotopic (exact) mass is 319 g/mol. The number of non-ortho nitro benzene ring substituents is 1. The van der Waals surface area contributed by atoms with Crippen molar-refractivity contribution in [3.63, 3.8) is 0 Å². The third kappa shape index (κ3) is 4.06. The molecule has 0 saturated carbocycles. The molecule has 2 unspecified atom stereocenters. The predicted octanol–water partition coefficient (Wildman–Crippen LogP) is 2.11. The number of hydrogen-bond acceptors (Lipinski definition) is 4. The highest BCUT2D eigenvalue weighted by atomic mass is 16.6. The normalized spacial score (nSPS) is 19.0. The van der Waals surface area contributed by atoms with E-state index in [-0.39, 0.29) is 23.2 Å². The number of nitro groups is 1. The fourth-order valence-corrected chi connectivity index (χ4v) is 2.78. The number of amides is 2. The summed E-state index contributed by atoms with van der Waals surface area (Å²) in [6.07, 6.45) is 3.05. The summed E-state index contributed by atoms with van der Waals surface area (Å²) in [5, 5.41) is 13.4. The molecule has 0 bridgehead atoms. The Morgan fingerprint density at radius 1 is 1.39 bits per heavy atom. The molecule has 1 aromatic carbocycles. The van der Waals surface area contributed by atoms with Crippen molar-refractivity contribution in [1.82, 2.24) is 10.2 Å². The van der Waals surface area contributed by atoms with Gasteiger partial charge in [0.1, 0.15) is 6.04 Å². The number of benzene rings is 1. The van der Waals surface area contributed by atoms with Crippen LogP contribution < -0.4 is 5.32 Å². The minimum absolute atomic E-state index is 0.115. The van der Waals surface area contributed by atoms with Gasteiger partial charge < -0.3 is 10.2 Å². The van der Waals surface area contributed by atoms with Crippen LogP contribution in [0.4, 0.5) is 5.69 Å². The van der Waals surface area contributed by atoms with Crippen molar-refractivity contribution in [2.45, 2.75) is 45.2 Å². The maximum absolute atomic E-state index is 12.5. The zero-order valence-corrected chi connectivity index (χ0v) is 13.3. The summed E-state index contributed by atoms with van der Waals surface area (Å²) < 4.78 is 0. The van der Waals surface area contributed by atoms with Crippen molar-refractivity contribution < 1.29 is 14.5 Å². The highest BCUT2D eigenvalue weighted by molar-refractivity contribution is 5.97. The van der Waals surface area contributed by atoms with Gasteiger partial charge in [-0.05, 0) is 39.2 Å². The van der Waals surface area contributed by atoms with E-state index in [1.54, 1.807) is 11.8 Å². The van der Waals surface area contributed by atoms with Crippen molar-refractivity contribution in [1.29, 1.82) is 0 Å². The number of hydrogen-bond donors (Lipinski definition) is 1. The Balaban J connectivity index is 2.03. The molecular formula is C16H21N3O4. The van der Waals surface area contributed by atoms with E-state index in [4.69, 9.17) is 0 Å². The lowest BCUT2D eigenvalue weighted by Gasteiger charge is -2.35. The maximum Gasteiger partial charge on any atom is 0.270 e.